The molecule has 7 nitrogen and oxygen atoms in total. The van der Waals surface area contributed by atoms with E-state index in [0.717, 1.165) is 17.9 Å². The Hall–Kier alpha value is -2.77. The van der Waals surface area contributed by atoms with Crippen LogP contribution in [0.15, 0.2) is 48.5 Å². The van der Waals surface area contributed by atoms with Crippen LogP contribution >= 0.6 is 12.4 Å². The number of methoxy groups -OCH3 is 1. The van der Waals surface area contributed by atoms with Crippen molar-refractivity contribution in [1.29, 1.82) is 0 Å². The molecule has 30 heavy (non-hydrogen) atoms. The average Bonchev–Trinajstić information content (AvgIpc) is 2.73. The fourth-order valence-corrected chi connectivity index (χ4v) is 3.46. The largest absolute Gasteiger partial charge is 0.496 e. The monoisotopic (exact) mass is 432 g/mol. The molecule has 1 saturated heterocycles. The zero-order chi connectivity index (χ0) is 20.8. The van der Waals surface area contributed by atoms with E-state index in [-0.39, 0.29) is 36.4 Å². The summed E-state index contributed by atoms with van der Waals surface area (Å²) >= 11 is 0. The summed E-state index contributed by atoms with van der Waals surface area (Å²) in [6.07, 6.45) is 0. The van der Waals surface area contributed by atoms with Crippen molar-refractivity contribution in [3.8, 4) is 5.75 Å². The number of nitrogens with one attached hydrogen (secondary N) is 3. The minimum absolute atomic E-state index is 0. The first kappa shape index (κ1) is 23.5. The van der Waals surface area contributed by atoms with Crippen LogP contribution in [0.2, 0.25) is 0 Å². The van der Waals surface area contributed by atoms with Gasteiger partial charge in [-0.1, -0.05) is 18.2 Å². The smallest absolute Gasteiger partial charge is 0.319 e. The van der Waals surface area contributed by atoms with Crippen molar-refractivity contribution in [3.05, 3.63) is 59.7 Å². The zero-order valence-corrected chi connectivity index (χ0v) is 18.3. The molecule has 3 N–H and O–H groups in total. The number of rotatable bonds is 5. The molecule has 3 rings (SSSR count). The fraction of sp³-hybridized carbons (Fsp3) is 0.364. The van der Waals surface area contributed by atoms with E-state index in [4.69, 9.17) is 4.74 Å². The second kappa shape index (κ2) is 10.8. The van der Waals surface area contributed by atoms with Gasteiger partial charge in [0.2, 0.25) is 0 Å². The molecular formula is C22H29ClN4O3. The summed E-state index contributed by atoms with van der Waals surface area (Å²) in [4.78, 5) is 26.9. The third-order valence-corrected chi connectivity index (χ3v) is 4.81. The summed E-state index contributed by atoms with van der Waals surface area (Å²) in [5.74, 6) is 0.732. The minimum atomic E-state index is -0.266. The Labute approximate surface area is 183 Å². The summed E-state index contributed by atoms with van der Waals surface area (Å²) in [5, 5.41) is 8.90. The average molecular weight is 433 g/mol. The topological polar surface area (TPSA) is 82.7 Å². The predicted molar refractivity (Wildman–Crippen MR) is 121 cm³/mol. The molecule has 0 aliphatic carbocycles. The quantitative estimate of drug-likeness (QED) is 0.676. The third kappa shape index (κ3) is 5.64. The van der Waals surface area contributed by atoms with Crippen LogP contribution in [-0.4, -0.2) is 49.6 Å². The van der Waals surface area contributed by atoms with Gasteiger partial charge in [0.25, 0.3) is 5.91 Å². The van der Waals surface area contributed by atoms with Gasteiger partial charge in [-0.3, -0.25) is 4.79 Å². The van der Waals surface area contributed by atoms with Gasteiger partial charge in [0, 0.05) is 42.5 Å². The number of hydrogen-bond acceptors (Lipinski definition) is 4. The van der Waals surface area contributed by atoms with E-state index in [9.17, 15) is 9.59 Å². The lowest BCUT2D eigenvalue weighted by Crippen LogP contribution is -2.48. The highest BCUT2D eigenvalue weighted by Crippen LogP contribution is 2.31. The Morgan fingerprint density at radius 3 is 2.50 bits per heavy atom. The molecular weight excluding hydrogens is 404 g/mol. The Bertz CT molecular complexity index is 858. The Balaban J connectivity index is 0.00000320. The summed E-state index contributed by atoms with van der Waals surface area (Å²) in [5.41, 5.74) is 2.21. The molecule has 0 spiro atoms. The number of nitrogens with zero attached hydrogens (tertiary/aromatic N) is 1. The molecule has 2 aromatic rings. The van der Waals surface area contributed by atoms with Crippen LogP contribution in [0.3, 0.4) is 0 Å². The highest BCUT2D eigenvalue weighted by Gasteiger charge is 2.30. The van der Waals surface area contributed by atoms with E-state index in [0.29, 0.717) is 24.3 Å². The van der Waals surface area contributed by atoms with Gasteiger partial charge in [-0.15, -0.1) is 12.4 Å². The molecule has 0 bridgehead atoms. The van der Waals surface area contributed by atoms with E-state index in [1.165, 1.54) is 0 Å². The first-order valence-corrected chi connectivity index (χ1v) is 9.81. The Morgan fingerprint density at radius 2 is 1.83 bits per heavy atom. The van der Waals surface area contributed by atoms with Gasteiger partial charge in [0.05, 0.1) is 13.2 Å². The van der Waals surface area contributed by atoms with Crippen molar-refractivity contribution < 1.29 is 14.3 Å². The molecule has 1 unspecified atom stereocenters. The number of halogens is 1. The first-order chi connectivity index (χ1) is 14.0. The first-order valence-electron chi connectivity index (χ1n) is 9.81. The molecule has 1 aliphatic rings. The van der Waals surface area contributed by atoms with Crippen molar-refractivity contribution in [2.75, 3.05) is 32.1 Å². The van der Waals surface area contributed by atoms with Crippen LogP contribution in [-0.2, 0) is 0 Å². The lowest BCUT2D eigenvalue weighted by Gasteiger charge is -2.37. The van der Waals surface area contributed by atoms with Crippen LogP contribution in [0, 0.1) is 0 Å². The molecule has 1 heterocycles. The molecule has 1 aliphatic heterocycles. The molecule has 1 fully saturated rings. The zero-order valence-electron chi connectivity index (χ0n) is 17.5. The number of anilines is 1. The van der Waals surface area contributed by atoms with Crippen molar-refractivity contribution in [3.63, 3.8) is 0 Å². The van der Waals surface area contributed by atoms with Crippen LogP contribution in [0.25, 0.3) is 0 Å². The van der Waals surface area contributed by atoms with Crippen LogP contribution in [0.1, 0.15) is 35.8 Å². The number of piperazine rings is 1. The number of carbonyl (C=O) groups is 2. The number of ether oxygens (including phenoxy) is 1. The predicted octanol–water partition coefficient (Wildman–Crippen LogP) is 3.43. The molecule has 8 heteroatoms. The van der Waals surface area contributed by atoms with Crippen molar-refractivity contribution >= 4 is 30.0 Å². The summed E-state index contributed by atoms with van der Waals surface area (Å²) in [7, 11) is 1.64. The second-order valence-electron chi connectivity index (χ2n) is 7.29. The highest BCUT2D eigenvalue weighted by atomic mass is 35.5. The van der Waals surface area contributed by atoms with Crippen molar-refractivity contribution in [2.45, 2.75) is 25.9 Å². The molecule has 2 aromatic carbocycles. The van der Waals surface area contributed by atoms with Gasteiger partial charge >= 0.3 is 6.03 Å². The third-order valence-electron chi connectivity index (χ3n) is 4.81. The SMILES string of the molecule is COc1ccccc1C1CNCCN1C(=O)c1ccc(NC(=O)NC(C)C)cc1.Cl. The van der Waals surface area contributed by atoms with Crippen molar-refractivity contribution in [1.82, 2.24) is 15.5 Å². The number of benzene rings is 2. The Morgan fingerprint density at radius 1 is 1.13 bits per heavy atom. The maximum absolute atomic E-state index is 13.2. The maximum atomic E-state index is 13.2. The summed E-state index contributed by atoms with van der Waals surface area (Å²) in [6, 6.07) is 14.4. The molecule has 0 radical (unpaired) electrons. The van der Waals surface area contributed by atoms with Crippen LogP contribution < -0.4 is 20.7 Å². The lowest BCUT2D eigenvalue weighted by atomic mass is 10.0. The van der Waals surface area contributed by atoms with Crippen LogP contribution in [0.5, 0.6) is 5.75 Å². The number of hydrogen-bond donors (Lipinski definition) is 3. The Kier molecular flexibility index (Phi) is 8.50. The standard InChI is InChI=1S/C22H28N4O3.ClH/c1-15(2)24-22(28)25-17-10-8-16(9-11-17)21(27)26-13-12-23-14-19(26)18-6-4-5-7-20(18)29-3;/h4-11,15,19,23H,12-14H2,1-3H3,(H2,24,25,28);1H. The molecule has 3 amide bonds. The normalized spacial score (nSPS) is 15.9. The highest BCUT2D eigenvalue weighted by molar-refractivity contribution is 5.96. The van der Waals surface area contributed by atoms with Gasteiger partial charge in [0.15, 0.2) is 0 Å². The molecule has 1 atom stereocenters. The van der Waals surface area contributed by atoms with E-state index < -0.39 is 0 Å². The second-order valence-corrected chi connectivity index (χ2v) is 7.29. The number of carbonyl (C=O) groups excluding carboxylic acids is 2. The molecule has 0 saturated carbocycles. The molecule has 162 valence electrons. The summed E-state index contributed by atoms with van der Waals surface area (Å²) < 4.78 is 5.50. The van der Waals surface area contributed by atoms with Gasteiger partial charge in [0.1, 0.15) is 5.75 Å². The maximum Gasteiger partial charge on any atom is 0.319 e. The van der Waals surface area contributed by atoms with E-state index >= 15 is 0 Å². The van der Waals surface area contributed by atoms with Gasteiger partial charge < -0.3 is 25.6 Å². The summed E-state index contributed by atoms with van der Waals surface area (Å²) in [6.45, 7) is 5.81. The lowest BCUT2D eigenvalue weighted by molar-refractivity contribution is 0.0631. The van der Waals surface area contributed by atoms with Gasteiger partial charge in [-0.05, 0) is 44.2 Å². The van der Waals surface area contributed by atoms with E-state index in [1.54, 1.807) is 31.4 Å². The van der Waals surface area contributed by atoms with Gasteiger partial charge in [-0.25, -0.2) is 4.79 Å². The minimum Gasteiger partial charge on any atom is -0.496 e. The number of urea groups is 1. The number of para-hydroxylation sites is 1. The van der Waals surface area contributed by atoms with E-state index in [1.807, 2.05) is 43.0 Å². The van der Waals surface area contributed by atoms with Crippen molar-refractivity contribution in [2.24, 2.45) is 0 Å². The molecule has 0 aromatic heterocycles. The van der Waals surface area contributed by atoms with Gasteiger partial charge in [-0.2, -0.15) is 0 Å². The number of amides is 3. The fourth-order valence-electron chi connectivity index (χ4n) is 3.46. The van der Waals surface area contributed by atoms with E-state index in [2.05, 4.69) is 16.0 Å². The van der Waals surface area contributed by atoms with Crippen LogP contribution in [0.4, 0.5) is 10.5 Å².